The van der Waals surface area contributed by atoms with E-state index in [1.807, 2.05) is 55.5 Å². The Labute approximate surface area is 138 Å². The third kappa shape index (κ3) is 2.56. The van der Waals surface area contributed by atoms with Gasteiger partial charge in [0.25, 0.3) is 5.91 Å². The van der Waals surface area contributed by atoms with Crippen molar-refractivity contribution in [3.8, 4) is 11.4 Å². The van der Waals surface area contributed by atoms with Gasteiger partial charge in [-0.15, -0.1) is 0 Å². The van der Waals surface area contributed by atoms with Gasteiger partial charge in [-0.2, -0.15) is 0 Å². The molecule has 4 rings (SSSR count). The monoisotopic (exact) mass is 316 g/mol. The molecule has 5 nitrogen and oxygen atoms in total. The Morgan fingerprint density at radius 2 is 1.88 bits per heavy atom. The highest BCUT2D eigenvalue weighted by molar-refractivity contribution is 6.08. The Bertz CT molecular complexity index is 1010. The SMILES string of the molecule is Cc1ccc(-c2ncc(C(=O)Nc3c[nH]c4ccccc34)[nH]2)cc1. The zero-order valence-corrected chi connectivity index (χ0v) is 13.1. The second-order valence-electron chi connectivity index (χ2n) is 5.71. The maximum atomic E-state index is 12.5. The van der Waals surface area contributed by atoms with Crippen LogP contribution >= 0.6 is 0 Å². The van der Waals surface area contributed by atoms with Crippen LogP contribution in [-0.4, -0.2) is 20.9 Å². The van der Waals surface area contributed by atoms with E-state index >= 15 is 0 Å². The van der Waals surface area contributed by atoms with E-state index in [0.717, 1.165) is 22.2 Å². The number of para-hydroxylation sites is 1. The van der Waals surface area contributed by atoms with Crippen LogP contribution in [0, 0.1) is 6.92 Å². The number of carbonyl (C=O) groups excluding carboxylic acids is 1. The molecule has 1 amide bonds. The van der Waals surface area contributed by atoms with Crippen molar-refractivity contribution in [3.63, 3.8) is 0 Å². The van der Waals surface area contributed by atoms with Gasteiger partial charge in [-0.1, -0.05) is 48.0 Å². The summed E-state index contributed by atoms with van der Waals surface area (Å²) in [5.41, 5.74) is 4.30. The first kappa shape index (κ1) is 14.3. The Morgan fingerprint density at radius 1 is 1.08 bits per heavy atom. The van der Waals surface area contributed by atoms with Crippen molar-refractivity contribution in [2.75, 3.05) is 5.32 Å². The first-order chi connectivity index (χ1) is 11.7. The van der Waals surface area contributed by atoms with Crippen LogP contribution in [0.25, 0.3) is 22.3 Å². The zero-order valence-electron chi connectivity index (χ0n) is 13.1. The summed E-state index contributed by atoms with van der Waals surface area (Å²) in [4.78, 5) is 23.0. The van der Waals surface area contributed by atoms with Crippen LogP contribution in [0.3, 0.4) is 0 Å². The van der Waals surface area contributed by atoms with E-state index in [2.05, 4.69) is 20.3 Å². The molecule has 0 unspecified atom stereocenters. The minimum absolute atomic E-state index is 0.217. The number of aromatic amines is 2. The molecule has 0 aliphatic heterocycles. The summed E-state index contributed by atoms with van der Waals surface area (Å²) in [6, 6.07) is 15.8. The average molecular weight is 316 g/mol. The molecule has 2 aromatic carbocycles. The van der Waals surface area contributed by atoms with Crippen molar-refractivity contribution >= 4 is 22.5 Å². The number of amides is 1. The average Bonchev–Trinajstić information content (AvgIpc) is 3.23. The first-order valence-electron chi connectivity index (χ1n) is 7.70. The van der Waals surface area contributed by atoms with E-state index in [-0.39, 0.29) is 5.91 Å². The molecule has 3 N–H and O–H groups in total. The summed E-state index contributed by atoms with van der Waals surface area (Å²) in [6.45, 7) is 2.03. The normalized spacial score (nSPS) is 10.9. The summed E-state index contributed by atoms with van der Waals surface area (Å²) < 4.78 is 0. The summed E-state index contributed by atoms with van der Waals surface area (Å²) in [6.07, 6.45) is 3.35. The number of nitrogens with zero attached hydrogens (tertiary/aromatic N) is 1. The van der Waals surface area contributed by atoms with Crippen LogP contribution in [0.1, 0.15) is 16.1 Å². The Morgan fingerprint density at radius 3 is 2.71 bits per heavy atom. The second-order valence-corrected chi connectivity index (χ2v) is 5.71. The third-order valence-corrected chi connectivity index (χ3v) is 3.98. The molecule has 0 aliphatic carbocycles. The van der Waals surface area contributed by atoms with Gasteiger partial charge in [0.15, 0.2) is 0 Å². The Balaban J connectivity index is 1.58. The molecule has 0 bridgehead atoms. The number of rotatable bonds is 3. The van der Waals surface area contributed by atoms with Crippen molar-refractivity contribution in [2.45, 2.75) is 6.92 Å². The van der Waals surface area contributed by atoms with E-state index in [1.165, 1.54) is 5.56 Å². The topological polar surface area (TPSA) is 73.6 Å². The van der Waals surface area contributed by atoms with Crippen LogP contribution in [0.2, 0.25) is 0 Å². The second kappa shape index (κ2) is 5.70. The molecular formula is C19H16N4O. The number of fused-ring (bicyclic) bond motifs is 1. The fraction of sp³-hybridized carbons (Fsp3) is 0.0526. The van der Waals surface area contributed by atoms with E-state index in [0.29, 0.717) is 11.5 Å². The fourth-order valence-corrected chi connectivity index (χ4v) is 2.66. The number of carbonyl (C=O) groups is 1. The standard InChI is InChI=1S/C19H16N4O/c1-12-6-8-13(9-7-12)18-21-11-17(22-18)19(24)23-16-10-20-15-5-3-2-4-14(15)16/h2-11,20H,1H3,(H,21,22)(H,23,24). The van der Waals surface area contributed by atoms with Gasteiger partial charge in [-0.05, 0) is 13.0 Å². The van der Waals surface area contributed by atoms with Gasteiger partial charge in [0.2, 0.25) is 0 Å². The van der Waals surface area contributed by atoms with E-state index in [4.69, 9.17) is 0 Å². The van der Waals surface area contributed by atoms with Gasteiger partial charge >= 0.3 is 0 Å². The molecule has 0 atom stereocenters. The molecule has 0 spiro atoms. The van der Waals surface area contributed by atoms with Crippen LogP contribution in [0.5, 0.6) is 0 Å². The first-order valence-corrected chi connectivity index (χ1v) is 7.70. The number of aryl methyl sites for hydroxylation is 1. The summed E-state index contributed by atoms with van der Waals surface area (Å²) >= 11 is 0. The Hall–Kier alpha value is -3.34. The molecule has 0 radical (unpaired) electrons. The number of H-pyrrole nitrogens is 2. The maximum absolute atomic E-state index is 12.5. The quantitative estimate of drug-likeness (QED) is 0.532. The molecule has 0 saturated carbocycles. The lowest BCUT2D eigenvalue weighted by Gasteiger charge is -2.02. The maximum Gasteiger partial charge on any atom is 0.273 e. The lowest BCUT2D eigenvalue weighted by atomic mass is 10.1. The predicted octanol–water partition coefficient (Wildman–Crippen LogP) is 4.12. The fourth-order valence-electron chi connectivity index (χ4n) is 2.66. The smallest absolute Gasteiger partial charge is 0.273 e. The molecular weight excluding hydrogens is 300 g/mol. The predicted molar refractivity (Wildman–Crippen MR) is 95.0 cm³/mol. The molecule has 118 valence electrons. The van der Waals surface area contributed by atoms with Crippen molar-refractivity contribution in [2.24, 2.45) is 0 Å². The third-order valence-electron chi connectivity index (χ3n) is 3.98. The number of hydrogen-bond donors (Lipinski definition) is 3. The lowest BCUT2D eigenvalue weighted by molar-refractivity contribution is 0.102. The Kier molecular flexibility index (Phi) is 3.39. The van der Waals surface area contributed by atoms with Gasteiger partial charge in [-0.25, -0.2) is 4.98 Å². The van der Waals surface area contributed by atoms with Crippen LogP contribution in [0.15, 0.2) is 60.9 Å². The molecule has 5 heteroatoms. The highest BCUT2D eigenvalue weighted by Gasteiger charge is 2.13. The molecule has 0 saturated heterocycles. The molecule has 0 fully saturated rings. The summed E-state index contributed by atoms with van der Waals surface area (Å²) in [5, 5.41) is 3.89. The van der Waals surface area contributed by atoms with E-state index < -0.39 is 0 Å². The number of nitrogens with one attached hydrogen (secondary N) is 3. The number of anilines is 1. The van der Waals surface area contributed by atoms with Gasteiger partial charge in [0, 0.05) is 22.7 Å². The van der Waals surface area contributed by atoms with Crippen molar-refractivity contribution in [3.05, 3.63) is 72.2 Å². The van der Waals surface area contributed by atoms with Crippen molar-refractivity contribution < 1.29 is 4.79 Å². The number of benzene rings is 2. The number of imidazole rings is 1. The van der Waals surface area contributed by atoms with Crippen molar-refractivity contribution in [1.82, 2.24) is 15.0 Å². The van der Waals surface area contributed by atoms with Crippen LogP contribution < -0.4 is 5.32 Å². The van der Waals surface area contributed by atoms with Crippen molar-refractivity contribution in [1.29, 1.82) is 0 Å². The summed E-state index contributed by atoms with van der Waals surface area (Å²) in [7, 11) is 0. The minimum atomic E-state index is -0.217. The zero-order chi connectivity index (χ0) is 16.5. The highest BCUT2D eigenvalue weighted by atomic mass is 16.1. The molecule has 2 heterocycles. The van der Waals surface area contributed by atoms with Crippen LogP contribution in [0.4, 0.5) is 5.69 Å². The molecule has 24 heavy (non-hydrogen) atoms. The van der Waals surface area contributed by atoms with Gasteiger partial charge in [0.05, 0.1) is 11.9 Å². The lowest BCUT2D eigenvalue weighted by Crippen LogP contribution is -2.11. The molecule has 0 aliphatic rings. The number of hydrogen-bond acceptors (Lipinski definition) is 2. The largest absolute Gasteiger partial charge is 0.359 e. The van der Waals surface area contributed by atoms with Gasteiger partial charge < -0.3 is 15.3 Å². The van der Waals surface area contributed by atoms with E-state index in [9.17, 15) is 4.79 Å². The van der Waals surface area contributed by atoms with Gasteiger partial charge in [-0.3, -0.25) is 4.79 Å². The number of aromatic nitrogens is 3. The molecule has 4 aromatic rings. The van der Waals surface area contributed by atoms with Gasteiger partial charge in [0.1, 0.15) is 11.5 Å². The molecule has 2 aromatic heterocycles. The summed E-state index contributed by atoms with van der Waals surface area (Å²) in [5.74, 6) is 0.463. The minimum Gasteiger partial charge on any atom is -0.359 e. The van der Waals surface area contributed by atoms with Crippen LogP contribution in [-0.2, 0) is 0 Å². The van der Waals surface area contributed by atoms with E-state index in [1.54, 1.807) is 12.4 Å². The highest BCUT2D eigenvalue weighted by Crippen LogP contribution is 2.23.